The van der Waals surface area contributed by atoms with Crippen molar-refractivity contribution in [3.8, 4) is 5.69 Å². The van der Waals surface area contributed by atoms with E-state index in [0.29, 0.717) is 11.4 Å². The molecule has 0 atom stereocenters. The second kappa shape index (κ2) is 7.62. The molecule has 0 aliphatic heterocycles. The van der Waals surface area contributed by atoms with Gasteiger partial charge in [0.25, 0.3) is 0 Å². The Morgan fingerprint density at radius 2 is 1.77 bits per heavy atom. The third-order valence-corrected chi connectivity index (χ3v) is 3.71. The van der Waals surface area contributed by atoms with Gasteiger partial charge in [-0.15, -0.1) is 12.4 Å². The van der Waals surface area contributed by atoms with Crippen LogP contribution < -0.4 is 10.6 Å². The molecular weight excluding hydrogens is 352 g/mol. The van der Waals surface area contributed by atoms with Crippen molar-refractivity contribution in [2.75, 3.05) is 10.6 Å². The van der Waals surface area contributed by atoms with Crippen LogP contribution in [0.15, 0.2) is 73.4 Å². The molecule has 2 heterocycles. The van der Waals surface area contributed by atoms with Crippen molar-refractivity contribution in [3.05, 3.63) is 73.4 Å². The number of amides is 2. The molecule has 2 N–H and O–H groups in total. The molecule has 0 aliphatic rings. The van der Waals surface area contributed by atoms with E-state index >= 15 is 0 Å². The molecule has 0 spiro atoms. The minimum Gasteiger partial charge on any atom is -0.308 e. The van der Waals surface area contributed by atoms with Gasteiger partial charge in [-0.25, -0.2) is 14.5 Å². The van der Waals surface area contributed by atoms with Crippen molar-refractivity contribution in [3.63, 3.8) is 0 Å². The highest BCUT2D eigenvalue weighted by molar-refractivity contribution is 6.05. The zero-order valence-corrected chi connectivity index (χ0v) is 14.4. The number of carbonyl (C=O) groups is 1. The first-order valence-electron chi connectivity index (χ1n) is 7.66. The van der Waals surface area contributed by atoms with Crippen molar-refractivity contribution in [1.82, 2.24) is 19.7 Å². The molecule has 4 aromatic rings. The topological polar surface area (TPSA) is 84.7 Å². The molecule has 2 amide bonds. The van der Waals surface area contributed by atoms with Crippen LogP contribution in [0.4, 0.5) is 16.2 Å². The summed E-state index contributed by atoms with van der Waals surface area (Å²) in [5.74, 6) is 0. The Hall–Kier alpha value is -3.45. The molecule has 4 rings (SSSR count). The number of pyridine rings is 1. The van der Waals surface area contributed by atoms with Gasteiger partial charge in [-0.2, -0.15) is 5.10 Å². The van der Waals surface area contributed by atoms with Gasteiger partial charge < -0.3 is 10.6 Å². The summed E-state index contributed by atoms with van der Waals surface area (Å²) in [7, 11) is 0. The van der Waals surface area contributed by atoms with E-state index < -0.39 is 0 Å². The molecule has 0 fully saturated rings. The van der Waals surface area contributed by atoms with E-state index in [0.717, 1.165) is 16.6 Å². The van der Waals surface area contributed by atoms with Crippen LogP contribution in [0.25, 0.3) is 16.6 Å². The van der Waals surface area contributed by atoms with Crippen LogP contribution in [-0.2, 0) is 0 Å². The van der Waals surface area contributed by atoms with Crippen LogP contribution in [0.2, 0.25) is 0 Å². The van der Waals surface area contributed by atoms with Crippen molar-refractivity contribution in [2.45, 2.75) is 0 Å². The minimum atomic E-state index is -0.315. The number of hydrogen-bond acceptors (Lipinski definition) is 4. The average Bonchev–Trinajstić information content (AvgIpc) is 3.17. The van der Waals surface area contributed by atoms with Crippen LogP contribution >= 0.6 is 12.4 Å². The Bertz CT molecular complexity index is 1010. The third-order valence-electron chi connectivity index (χ3n) is 3.71. The number of para-hydroxylation sites is 1. The van der Waals surface area contributed by atoms with E-state index in [1.54, 1.807) is 35.4 Å². The van der Waals surface area contributed by atoms with Crippen LogP contribution in [0.5, 0.6) is 0 Å². The summed E-state index contributed by atoms with van der Waals surface area (Å²) in [5, 5.41) is 10.6. The highest BCUT2D eigenvalue weighted by Crippen LogP contribution is 2.21. The first-order chi connectivity index (χ1) is 12.3. The minimum absolute atomic E-state index is 0. The van der Waals surface area contributed by atoms with E-state index in [9.17, 15) is 4.79 Å². The lowest BCUT2D eigenvalue weighted by atomic mass is 10.2. The zero-order valence-electron chi connectivity index (χ0n) is 13.5. The molecule has 8 heteroatoms. The SMILES string of the molecule is Cl.O=C(Nc1ccc(-n2cncn2)cc1)Nc1ccnc2ccccc12. The maximum absolute atomic E-state index is 12.3. The summed E-state index contributed by atoms with van der Waals surface area (Å²) in [5.41, 5.74) is 3.09. The summed E-state index contributed by atoms with van der Waals surface area (Å²) in [6.45, 7) is 0. The fourth-order valence-electron chi connectivity index (χ4n) is 2.53. The largest absolute Gasteiger partial charge is 0.323 e. The van der Waals surface area contributed by atoms with Crippen molar-refractivity contribution >= 4 is 40.7 Å². The summed E-state index contributed by atoms with van der Waals surface area (Å²) in [6, 6.07) is 16.4. The summed E-state index contributed by atoms with van der Waals surface area (Å²) in [6.07, 6.45) is 4.76. The molecule has 0 aliphatic carbocycles. The Kier molecular flexibility index (Phi) is 5.09. The Labute approximate surface area is 155 Å². The van der Waals surface area contributed by atoms with Crippen molar-refractivity contribution in [2.24, 2.45) is 0 Å². The third kappa shape index (κ3) is 3.62. The van der Waals surface area contributed by atoms with E-state index in [1.807, 2.05) is 36.4 Å². The van der Waals surface area contributed by atoms with Gasteiger partial charge in [0.15, 0.2) is 0 Å². The smallest absolute Gasteiger partial charge is 0.308 e. The first-order valence-corrected chi connectivity index (χ1v) is 7.66. The van der Waals surface area contributed by atoms with Gasteiger partial charge >= 0.3 is 6.03 Å². The van der Waals surface area contributed by atoms with Crippen molar-refractivity contribution in [1.29, 1.82) is 0 Å². The number of hydrogen-bond donors (Lipinski definition) is 2. The predicted octanol–water partition coefficient (Wildman–Crippen LogP) is 3.88. The second-order valence-corrected chi connectivity index (χ2v) is 5.34. The number of aromatic nitrogens is 4. The van der Waals surface area contributed by atoms with Crippen molar-refractivity contribution < 1.29 is 4.79 Å². The average molecular weight is 367 g/mol. The Morgan fingerprint density at radius 3 is 2.54 bits per heavy atom. The lowest BCUT2D eigenvalue weighted by molar-refractivity contribution is 0.262. The maximum atomic E-state index is 12.3. The Morgan fingerprint density at radius 1 is 0.962 bits per heavy atom. The van der Waals surface area contributed by atoms with Crippen LogP contribution in [0.3, 0.4) is 0 Å². The second-order valence-electron chi connectivity index (χ2n) is 5.34. The summed E-state index contributed by atoms with van der Waals surface area (Å²) in [4.78, 5) is 20.5. The van der Waals surface area contributed by atoms with Gasteiger partial charge in [0.05, 0.1) is 16.9 Å². The van der Waals surface area contributed by atoms with Gasteiger partial charge in [-0.3, -0.25) is 4.98 Å². The standard InChI is InChI=1S/C18H14N6O.ClH/c25-18(23-17-9-10-20-16-4-2-1-3-15(16)17)22-13-5-7-14(8-6-13)24-12-19-11-21-24;/h1-12H,(H2,20,22,23,25);1H. The number of carbonyl (C=O) groups excluding carboxylic acids is 1. The lowest BCUT2D eigenvalue weighted by Gasteiger charge is -2.10. The monoisotopic (exact) mass is 366 g/mol. The number of fused-ring (bicyclic) bond motifs is 1. The van der Waals surface area contributed by atoms with Gasteiger partial charge in [0, 0.05) is 17.3 Å². The molecule has 0 unspecified atom stereocenters. The van der Waals surface area contributed by atoms with E-state index in [-0.39, 0.29) is 18.4 Å². The molecule has 2 aromatic heterocycles. The number of nitrogens with zero attached hydrogens (tertiary/aromatic N) is 4. The van der Waals surface area contributed by atoms with Gasteiger partial charge in [-0.05, 0) is 36.4 Å². The molecular formula is C18H15ClN6O. The van der Waals surface area contributed by atoms with Gasteiger partial charge in [0.1, 0.15) is 12.7 Å². The van der Waals surface area contributed by atoms with Crippen LogP contribution in [0, 0.1) is 0 Å². The highest BCUT2D eigenvalue weighted by Gasteiger charge is 2.06. The molecule has 0 saturated carbocycles. The fourth-order valence-corrected chi connectivity index (χ4v) is 2.53. The molecule has 2 aromatic carbocycles. The van der Waals surface area contributed by atoms with Crippen LogP contribution in [0.1, 0.15) is 0 Å². The van der Waals surface area contributed by atoms with Gasteiger partial charge in [0.2, 0.25) is 0 Å². The number of nitrogens with one attached hydrogen (secondary N) is 2. The predicted molar refractivity (Wildman–Crippen MR) is 103 cm³/mol. The van der Waals surface area contributed by atoms with E-state index in [1.165, 1.54) is 6.33 Å². The summed E-state index contributed by atoms with van der Waals surface area (Å²) < 4.78 is 1.65. The number of benzene rings is 2. The molecule has 26 heavy (non-hydrogen) atoms. The molecule has 0 bridgehead atoms. The maximum Gasteiger partial charge on any atom is 0.323 e. The van der Waals surface area contributed by atoms with Gasteiger partial charge in [-0.1, -0.05) is 18.2 Å². The Balaban J connectivity index is 0.00000196. The molecule has 0 saturated heterocycles. The number of anilines is 2. The fraction of sp³-hybridized carbons (Fsp3) is 0. The zero-order chi connectivity index (χ0) is 17.1. The van der Waals surface area contributed by atoms with E-state index in [2.05, 4.69) is 25.7 Å². The molecule has 7 nitrogen and oxygen atoms in total. The summed E-state index contributed by atoms with van der Waals surface area (Å²) >= 11 is 0. The lowest BCUT2D eigenvalue weighted by Crippen LogP contribution is -2.19. The first kappa shape index (κ1) is 17.4. The highest BCUT2D eigenvalue weighted by atomic mass is 35.5. The van der Waals surface area contributed by atoms with Crippen LogP contribution in [-0.4, -0.2) is 25.8 Å². The number of halogens is 1. The number of urea groups is 1. The molecule has 0 radical (unpaired) electrons. The van der Waals surface area contributed by atoms with E-state index in [4.69, 9.17) is 0 Å². The molecule has 130 valence electrons. The quantitative estimate of drug-likeness (QED) is 0.576. The number of rotatable bonds is 3. The normalized spacial score (nSPS) is 10.2.